The van der Waals surface area contributed by atoms with Crippen LogP contribution in [0.25, 0.3) is 0 Å². The minimum Gasteiger partial charge on any atom is -0.493 e. The van der Waals surface area contributed by atoms with Crippen LogP contribution >= 0.6 is 0 Å². The van der Waals surface area contributed by atoms with Gasteiger partial charge in [-0.25, -0.2) is 0 Å². The highest BCUT2D eigenvalue weighted by Crippen LogP contribution is 2.37. The molecule has 2 aromatic rings. The zero-order chi connectivity index (χ0) is 22.5. The van der Waals surface area contributed by atoms with Crippen molar-refractivity contribution in [1.29, 1.82) is 0 Å². The van der Waals surface area contributed by atoms with Gasteiger partial charge in [-0.05, 0) is 55.5 Å². The number of nitrogens with one attached hydrogen (secondary N) is 1. The largest absolute Gasteiger partial charge is 0.493 e. The second-order valence-corrected chi connectivity index (χ2v) is 8.63. The van der Waals surface area contributed by atoms with E-state index in [1.54, 1.807) is 43.4 Å². The lowest BCUT2D eigenvalue weighted by Gasteiger charge is -2.36. The lowest BCUT2D eigenvalue weighted by molar-refractivity contribution is -0.127. The minimum atomic E-state index is -0.781. The molecule has 2 aliphatic carbocycles. The molecule has 1 atom stereocenters. The van der Waals surface area contributed by atoms with E-state index in [1.165, 1.54) is 6.26 Å². The Bertz CT molecular complexity index is 914. The Morgan fingerprint density at radius 1 is 1.00 bits per heavy atom. The first-order valence-corrected chi connectivity index (χ1v) is 11.5. The molecule has 1 heterocycles. The van der Waals surface area contributed by atoms with Crippen molar-refractivity contribution in [3.63, 3.8) is 0 Å². The van der Waals surface area contributed by atoms with Crippen molar-refractivity contribution in [2.45, 2.75) is 69.5 Å². The molecule has 0 spiro atoms. The zero-order valence-electron chi connectivity index (χ0n) is 18.8. The quantitative estimate of drug-likeness (QED) is 0.655. The van der Waals surface area contributed by atoms with Gasteiger partial charge in [0.05, 0.1) is 20.5 Å². The number of carbonyl (C=O) groups is 2. The molecule has 1 aromatic heterocycles. The summed E-state index contributed by atoms with van der Waals surface area (Å²) in [6.45, 7) is 0. The average molecular weight is 441 g/mol. The normalized spacial score (nSPS) is 17.8. The third kappa shape index (κ3) is 4.61. The summed E-state index contributed by atoms with van der Waals surface area (Å²) in [7, 11) is 3.14. The van der Waals surface area contributed by atoms with Gasteiger partial charge in [0, 0.05) is 12.1 Å². The van der Waals surface area contributed by atoms with Gasteiger partial charge in [-0.2, -0.15) is 0 Å². The van der Waals surface area contributed by atoms with Crippen molar-refractivity contribution in [2.75, 3.05) is 14.2 Å². The second kappa shape index (κ2) is 10.1. The van der Waals surface area contributed by atoms with Crippen molar-refractivity contribution >= 4 is 11.8 Å². The van der Waals surface area contributed by atoms with Gasteiger partial charge in [-0.3, -0.25) is 9.59 Å². The van der Waals surface area contributed by atoms with E-state index in [0.717, 1.165) is 51.4 Å². The number of carbonyl (C=O) groups excluding carboxylic acids is 2. The maximum Gasteiger partial charge on any atom is 0.290 e. The maximum absolute atomic E-state index is 13.7. The Labute approximate surface area is 189 Å². The third-order valence-corrected chi connectivity index (χ3v) is 6.64. The minimum absolute atomic E-state index is 0.0278. The summed E-state index contributed by atoms with van der Waals surface area (Å²) in [5.41, 5.74) is 0.699. The fraction of sp³-hybridized carbons (Fsp3) is 0.520. The molecule has 0 bridgehead atoms. The Kier molecular flexibility index (Phi) is 7.02. The van der Waals surface area contributed by atoms with Crippen LogP contribution in [0, 0.1) is 0 Å². The Balaban J connectivity index is 1.76. The molecule has 7 heteroatoms. The fourth-order valence-corrected chi connectivity index (χ4v) is 5.02. The molecule has 7 nitrogen and oxygen atoms in total. The molecule has 1 aromatic carbocycles. The number of benzene rings is 1. The maximum atomic E-state index is 13.7. The molecule has 0 aliphatic heterocycles. The van der Waals surface area contributed by atoms with E-state index in [1.807, 2.05) is 6.07 Å². The van der Waals surface area contributed by atoms with E-state index in [2.05, 4.69) is 5.32 Å². The summed E-state index contributed by atoms with van der Waals surface area (Å²) in [6.07, 6.45) is 9.47. The topological polar surface area (TPSA) is 81.0 Å². The second-order valence-electron chi connectivity index (χ2n) is 8.63. The van der Waals surface area contributed by atoms with Gasteiger partial charge in [0.1, 0.15) is 6.04 Å². The lowest BCUT2D eigenvalue weighted by atomic mass is 9.99. The summed E-state index contributed by atoms with van der Waals surface area (Å²) in [4.78, 5) is 29.1. The van der Waals surface area contributed by atoms with Crippen LogP contribution in [0.1, 0.15) is 73.5 Å². The fourth-order valence-electron chi connectivity index (χ4n) is 5.02. The molecule has 2 saturated carbocycles. The van der Waals surface area contributed by atoms with Crippen molar-refractivity contribution in [3.05, 3.63) is 47.9 Å². The average Bonchev–Trinajstić information content (AvgIpc) is 3.59. The van der Waals surface area contributed by atoms with Crippen LogP contribution in [0.2, 0.25) is 0 Å². The van der Waals surface area contributed by atoms with Crippen LogP contribution in [-0.4, -0.2) is 43.0 Å². The zero-order valence-corrected chi connectivity index (χ0v) is 18.8. The van der Waals surface area contributed by atoms with Crippen molar-refractivity contribution < 1.29 is 23.5 Å². The van der Waals surface area contributed by atoms with E-state index >= 15 is 0 Å². The first-order chi connectivity index (χ1) is 15.6. The van der Waals surface area contributed by atoms with Gasteiger partial charge in [-0.1, -0.05) is 31.7 Å². The highest BCUT2D eigenvalue weighted by Gasteiger charge is 2.40. The van der Waals surface area contributed by atoms with E-state index in [0.29, 0.717) is 17.1 Å². The summed E-state index contributed by atoms with van der Waals surface area (Å²) < 4.78 is 16.3. The Hall–Kier alpha value is -2.96. The van der Waals surface area contributed by atoms with Gasteiger partial charge in [0.15, 0.2) is 17.3 Å². The molecule has 4 rings (SSSR count). The smallest absolute Gasteiger partial charge is 0.290 e. The summed E-state index contributed by atoms with van der Waals surface area (Å²) in [6, 6.07) is 8.13. The number of hydrogen-bond donors (Lipinski definition) is 1. The van der Waals surface area contributed by atoms with E-state index < -0.39 is 6.04 Å². The van der Waals surface area contributed by atoms with Gasteiger partial charge in [0.2, 0.25) is 5.91 Å². The molecule has 2 amide bonds. The Morgan fingerprint density at radius 2 is 1.69 bits per heavy atom. The number of furan rings is 1. The van der Waals surface area contributed by atoms with Gasteiger partial charge < -0.3 is 24.1 Å². The summed E-state index contributed by atoms with van der Waals surface area (Å²) in [5.74, 6) is 0.937. The van der Waals surface area contributed by atoms with E-state index in [4.69, 9.17) is 13.9 Å². The van der Waals surface area contributed by atoms with E-state index in [-0.39, 0.29) is 29.7 Å². The van der Waals surface area contributed by atoms with E-state index in [9.17, 15) is 9.59 Å². The van der Waals surface area contributed by atoms with Crippen molar-refractivity contribution in [1.82, 2.24) is 10.2 Å². The summed E-state index contributed by atoms with van der Waals surface area (Å²) in [5, 5.41) is 3.21. The lowest BCUT2D eigenvalue weighted by Crippen LogP contribution is -2.49. The first-order valence-electron chi connectivity index (χ1n) is 11.5. The SMILES string of the molecule is COc1ccc([C@@H](C(=O)NC2CCCC2)N(C(=O)c2ccco2)C2CCCC2)cc1OC. The number of methoxy groups -OCH3 is 2. The number of amides is 2. The van der Waals surface area contributed by atoms with Crippen LogP contribution < -0.4 is 14.8 Å². The number of rotatable bonds is 8. The molecule has 2 aliphatic rings. The Morgan fingerprint density at radius 3 is 2.31 bits per heavy atom. The van der Waals surface area contributed by atoms with Crippen LogP contribution in [0.5, 0.6) is 11.5 Å². The van der Waals surface area contributed by atoms with Crippen LogP contribution in [-0.2, 0) is 4.79 Å². The van der Waals surface area contributed by atoms with Crippen molar-refractivity contribution in [3.8, 4) is 11.5 Å². The molecule has 172 valence electrons. The van der Waals surface area contributed by atoms with Gasteiger partial charge in [-0.15, -0.1) is 0 Å². The molecule has 0 radical (unpaired) electrons. The molecule has 32 heavy (non-hydrogen) atoms. The monoisotopic (exact) mass is 440 g/mol. The van der Waals surface area contributed by atoms with Crippen LogP contribution in [0.4, 0.5) is 0 Å². The predicted molar refractivity (Wildman–Crippen MR) is 120 cm³/mol. The standard InChI is InChI=1S/C25H32N2O5/c1-30-20-14-13-17(16-22(20)31-2)23(24(28)26-18-8-3-4-9-18)27(19-10-5-6-11-19)25(29)21-12-7-15-32-21/h7,12-16,18-19,23H,3-6,8-11H2,1-2H3,(H,26,28)/t23-/m0/s1. The summed E-state index contributed by atoms with van der Waals surface area (Å²) >= 11 is 0. The predicted octanol–water partition coefficient (Wildman–Crippen LogP) is 4.48. The third-order valence-electron chi connectivity index (χ3n) is 6.64. The number of hydrogen-bond acceptors (Lipinski definition) is 5. The molecule has 1 N–H and O–H groups in total. The molecule has 2 fully saturated rings. The highest BCUT2D eigenvalue weighted by molar-refractivity contribution is 5.96. The molecule has 0 saturated heterocycles. The molecular formula is C25H32N2O5. The van der Waals surface area contributed by atoms with Crippen LogP contribution in [0.3, 0.4) is 0 Å². The molecular weight excluding hydrogens is 408 g/mol. The number of ether oxygens (including phenoxy) is 2. The van der Waals surface area contributed by atoms with Crippen LogP contribution in [0.15, 0.2) is 41.0 Å². The van der Waals surface area contributed by atoms with Gasteiger partial charge >= 0.3 is 0 Å². The molecule has 0 unspecified atom stereocenters. The first kappa shape index (κ1) is 22.2. The highest BCUT2D eigenvalue weighted by atomic mass is 16.5. The number of nitrogens with zero attached hydrogens (tertiary/aromatic N) is 1. The van der Waals surface area contributed by atoms with Gasteiger partial charge in [0.25, 0.3) is 5.91 Å². The van der Waals surface area contributed by atoms with Crippen molar-refractivity contribution in [2.24, 2.45) is 0 Å².